The number of methoxy groups -OCH3 is 1. The quantitative estimate of drug-likeness (QED) is 0.666. The van der Waals surface area contributed by atoms with Crippen molar-refractivity contribution in [1.82, 2.24) is 5.32 Å². The van der Waals surface area contributed by atoms with Gasteiger partial charge in [-0.1, -0.05) is 30.3 Å². The average Bonchev–Trinajstić information content (AvgIpc) is 2.44. The van der Waals surface area contributed by atoms with Gasteiger partial charge in [0.1, 0.15) is 0 Å². The summed E-state index contributed by atoms with van der Waals surface area (Å²) in [4.78, 5) is 11.6. The molecule has 0 saturated carbocycles. The van der Waals surface area contributed by atoms with Gasteiger partial charge in [0.15, 0.2) is 0 Å². The molecule has 0 bridgehead atoms. The fourth-order valence-electron chi connectivity index (χ4n) is 1.90. The Morgan fingerprint density at radius 3 is 2.68 bits per heavy atom. The van der Waals surface area contributed by atoms with Gasteiger partial charge in [0.25, 0.3) is 0 Å². The number of ether oxygens (including phenoxy) is 1. The molecule has 106 valence electrons. The third-order valence-corrected chi connectivity index (χ3v) is 2.92. The Morgan fingerprint density at radius 2 is 2.05 bits per heavy atom. The Kier molecular flexibility index (Phi) is 7.86. The highest BCUT2D eigenvalue weighted by atomic mass is 16.5. The first-order valence-corrected chi connectivity index (χ1v) is 6.69. The number of nitrogens with one attached hydrogen (secondary N) is 1. The Morgan fingerprint density at radius 1 is 1.32 bits per heavy atom. The standard InChI is InChI=1S/C15H23NO3/c1-19-12-14(11-17)16-15(18)10-6-5-9-13-7-3-2-4-8-13/h2-4,7-8,14,17H,5-6,9-12H2,1H3,(H,16,18)/t14-/m0/s1. The van der Waals surface area contributed by atoms with Crippen molar-refractivity contribution in [3.8, 4) is 0 Å². The van der Waals surface area contributed by atoms with Crippen molar-refractivity contribution in [2.24, 2.45) is 0 Å². The van der Waals surface area contributed by atoms with Crippen LogP contribution in [0.15, 0.2) is 30.3 Å². The lowest BCUT2D eigenvalue weighted by Gasteiger charge is -2.15. The average molecular weight is 265 g/mol. The van der Waals surface area contributed by atoms with Crippen molar-refractivity contribution in [1.29, 1.82) is 0 Å². The van der Waals surface area contributed by atoms with E-state index in [9.17, 15) is 4.79 Å². The predicted octanol–water partition coefficient (Wildman–Crippen LogP) is 1.52. The topological polar surface area (TPSA) is 58.6 Å². The van der Waals surface area contributed by atoms with Crippen LogP contribution in [0, 0.1) is 0 Å². The van der Waals surface area contributed by atoms with Gasteiger partial charge in [-0.25, -0.2) is 0 Å². The largest absolute Gasteiger partial charge is 0.394 e. The number of aliphatic hydroxyl groups excluding tert-OH is 1. The van der Waals surface area contributed by atoms with E-state index in [1.54, 1.807) is 7.11 Å². The van der Waals surface area contributed by atoms with E-state index in [0.717, 1.165) is 19.3 Å². The van der Waals surface area contributed by atoms with Gasteiger partial charge in [0.2, 0.25) is 5.91 Å². The number of unbranched alkanes of at least 4 members (excludes halogenated alkanes) is 1. The van der Waals surface area contributed by atoms with Crippen molar-refractivity contribution >= 4 is 5.91 Å². The van der Waals surface area contributed by atoms with Crippen LogP contribution < -0.4 is 5.32 Å². The molecule has 0 spiro atoms. The highest BCUT2D eigenvalue weighted by Crippen LogP contribution is 2.06. The number of benzene rings is 1. The highest BCUT2D eigenvalue weighted by molar-refractivity contribution is 5.76. The molecule has 1 amide bonds. The summed E-state index contributed by atoms with van der Waals surface area (Å²) >= 11 is 0. The van der Waals surface area contributed by atoms with Gasteiger partial charge in [-0.05, 0) is 24.8 Å². The van der Waals surface area contributed by atoms with Crippen LogP contribution in [0.3, 0.4) is 0 Å². The summed E-state index contributed by atoms with van der Waals surface area (Å²) in [7, 11) is 1.55. The molecule has 2 N–H and O–H groups in total. The van der Waals surface area contributed by atoms with Crippen molar-refractivity contribution in [2.45, 2.75) is 31.7 Å². The maximum absolute atomic E-state index is 11.6. The van der Waals surface area contributed by atoms with E-state index in [1.807, 2.05) is 18.2 Å². The number of hydrogen-bond acceptors (Lipinski definition) is 3. The zero-order valence-electron chi connectivity index (χ0n) is 11.5. The van der Waals surface area contributed by atoms with E-state index in [-0.39, 0.29) is 18.6 Å². The summed E-state index contributed by atoms with van der Waals surface area (Å²) in [5, 5.41) is 11.8. The lowest BCUT2D eigenvalue weighted by atomic mass is 10.1. The maximum Gasteiger partial charge on any atom is 0.220 e. The molecule has 19 heavy (non-hydrogen) atoms. The fraction of sp³-hybridized carbons (Fsp3) is 0.533. The van der Waals surface area contributed by atoms with Crippen LogP contribution in [-0.4, -0.2) is 37.4 Å². The molecule has 0 unspecified atom stereocenters. The molecule has 4 nitrogen and oxygen atoms in total. The van der Waals surface area contributed by atoms with E-state index in [2.05, 4.69) is 17.4 Å². The summed E-state index contributed by atoms with van der Waals surface area (Å²) in [5.41, 5.74) is 1.30. The molecule has 0 aromatic heterocycles. The van der Waals surface area contributed by atoms with E-state index in [0.29, 0.717) is 13.0 Å². The van der Waals surface area contributed by atoms with Crippen LogP contribution in [0.4, 0.5) is 0 Å². The summed E-state index contributed by atoms with van der Waals surface area (Å²) in [6.07, 6.45) is 3.33. The molecule has 0 heterocycles. The van der Waals surface area contributed by atoms with E-state index < -0.39 is 0 Å². The lowest BCUT2D eigenvalue weighted by molar-refractivity contribution is -0.122. The molecule has 0 fully saturated rings. The fourth-order valence-corrected chi connectivity index (χ4v) is 1.90. The van der Waals surface area contributed by atoms with Crippen LogP contribution in [0.25, 0.3) is 0 Å². The molecule has 1 aromatic carbocycles. The minimum atomic E-state index is -0.299. The minimum Gasteiger partial charge on any atom is -0.394 e. The number of rotatable bonds is 9. The van der Waals surface area contributed by atoms with Gasteiger partial charge >= 0.3 is 0 Å². The van der Waals surface area contributed by atoms with Gasteiger partial charge < -0.3 is 15.2 Å². The number of carbonyl (C=O) groups excluding carboxylic acids is 1. The Balaban J connectivity index is 2.13. The Labute approximate surface area is 114 Å². The van der Waals surface area contributed by atoms with Crippen molar-refractivity contribution in [3.05, 3.63) is 35.9 Å². The third-order valence-electron chi connectivity index (χ3n) is 2.92. The van der Waals surface area contributed by atoms with Crippen LogP contribution >= 0.6 is 0 Å². The molecular formula is C15H23NO3. The number of aliphatic hydroxyl groups is 1. The maximum atomic E-state index is 11.6. The summed E-state index contributed by atoms with van der Waals surface area (Å²) in [6, 6.07) is 9.95. The summed E-state index contributed by atoms with van der Waals surface area (Å²) in [6.45, 7) is 0.246. The predicted molar refractivity (Wildman–Crippen MR) is 74.9 cm³/mol. The first kappa shape index (κ1) is 15.7. The zero-order valence-corrected chi connectivity index (χ0v) is 11.5. The number of hydrogen-bond donors (Lipinski definition) is 2. The number of aryl methyl sites for hydroxylation is 1. The highest BCUT2D eigenvalue weighted by Gasteiger charge is 2.10. The van der Waals surface area contributed by atoms with Gasteiger partial charge in [0, 0.05) is 13.5 Å². The first-order chi connectivity index (χ1) is 9.26. The van der Waals surface area contributed by atoms with Gasteiger partial charge in [-0.3, -0.25) is 4.79 Å². The molecule has 1 rings (SSSR count). The lowest BCUT2D eigenvalue weighted by Crippen LogP contribution is -2.40. The molecule has 0 aliphatic rings. The smallest absolute Gasteiger partial charge is 0.220 e. The van der Waals surface area contributed by atoms with E-state index in [1.165, 1.54) is 5.56 Å². The third kappa shape index (κ3) is 6.94. The second kappa shape index (κ2) is 9.53. The van der Waals surface area contributed by atoms with Crippen LogP contribution in [0.2, 0.25) is 0 Å². The van der Waals surface area contributed by atoms with Crippen molar-refractivity contribution in [3.63, 3.8) is 0 Å². The normalized spacial score (nSPS) is 12.1. The van der Waals surface area contributed by atoms with Gasteiger partial charge in [0.05, 0.1) is 19.3 Å². The number of amides is 1. The first-order valence-electron chi connectivity index (χ1n) is 6.69. The monoisotopic (exact) mass is 265 g/mol. The molecule has 0 saturated heterocycles. The van der Waals surface area contributed by atoms with Crippen LogP contribution in [0.1, 0.15) is 24.8 Å². The Hall–Kier alpha value is -1.39. The summed E-state index contributed by atoms with van der Waals surface area (Å²) in [5.74, 6) is -0.0239. The molecule has 1 aromatic rings. The number of carbonyl (C=O) groups is 1. The second-order valence-electron chi connectivity index (χ2n) is 4.60. The molecule has 0 aliphatic carbocycles. The van der Waals surface area contributed by atoms with Gasteiger partial charge in [-0.2, -0.15) is 0 Å². The zero-order chi connectivity index (χ0) is 13.9. The van der Waals surface area contributed by atoms with E-state index >= 15 is 0 Å². The molecular weight excluding hydrogens is 242 g/mol. The van der Waals surface area contributed by atoms with Crippen molar-refractivity contribution < 1.29 is 14.6 Å². The molecule has 1 atom stereocenters. The van der Waals surface area contributed by atoms with Crippen LogP contribution in [-0.2, 0) is 16.0 Å². The molecule has 0 aliphatic heterocycles. The second-order valence-corrected chi connectivity index (χ2v) is 4.60. The molecule has 4 heteroatoms. The Bertz CT molecular complexity index is 354. The van der Waals surface area contributed by atoms with Crippen LogP contribution in [0.5, 0.6) is 0 Å². The summed E-state index contributed by atoms with van der Waals surface area (Å²) < 4.78 is 4.90. The van der Waals surface area contributed by atoms with E-state index in [4.69, 9.17) is 9.84 Å². The van der Waals surface area contributed by atoms with Crippen molar-refractivity contribution in [2.75, 3.05) is 20.3 Å². The minimum absolute atomic E-state index is 0.0239. The SMILES string of the molecule is COC[C@H](CO)NC(=O)CCCCc1ccccc1. The molecule has 0 radical (unpaired) electrons. The van der Waals surface area contributed by atoms with Gasteiger partial charge in [-0.15, -0.1) is 0 Å².